The molecular formula is C27H36N2O3. The van der Waals surface area contributed by atoms with Crippen LogP contribution < -0.4 is 4.74 Å². The zero-order valence-electron chi connectivity index (χ0n) is 19.4. The van der Waals surface area contributed by atoms with Gasteiger partial charge in [-0.2, -0.15) is 0 Å². The fraction of sp³-hybridized carbons (Fsp3) is 0.519. The molecule has 0 aromatic heterocycles. The average molecular weight is 437 g/mol. The molecule has 2 atom stereocenters. The number of hydrogen-bond acceptors (Lipinski definition) is 5. The van der Waals surface area contributed by atoms with Crippen molar-refractivity contribution in [3.8, 4) is 5.75 Å². The summed E-state index contributed by atoms with van der Waals surface area (Å²) in [4.78, 5) is 18.2. The summed E-state index contributed by atoms with van der Waals surface area (Å²) in [6.45, 7) is 5.55. The van der Waals surface area contributed by atoms with E-state index in [1.54, 1.807) is 0 Å². The van der Waals surface area contributed by atoms with Crippen LogP contribution in [0.4, 0.5) is 0 Å². The molecule has 1 saturated carbocycles. The van der Waals surface area contributed by atoms with Gasteiger partial charge in [-0.05, 0) is 50.1 Å². The maximum atomic E-state index is 13.7. The summed E-state index contributed by atoms with van der Waals surface area (Å²) >= 11 is 0. The molecule has 2 fully saturated rings. The van der Waals surface area contributed by atoms with Crippen LogP contribution in [0.5, 0.6) is 5.75 Å². The first-order valence-corrected chi connectivity index (χ1v) is 12.0. The third-order valence-electron chi connectivity index (χ3n) is 7.07. The van der Waals surface area contributed by atoms with E-state index in [-0.39, 0.29) is 11.9 Å². The highest BCUT2D eigenvalue weighted by Gasteiger charge is 2.43. The molecule has 1 aliphatic heterocycles. The summed E-state index contributed by atoms with van der Waals surface area (Å²) in [5.74, 6) is 0.749. The van der Waals surface area contributed by atoms with Crippen LogP contribution in [0.2, 0.25) is 0 Å². The zero-order valence-corrected chi connectivity index (χ0v) is 19.4. The molecule has 1 aliphatic carbocycles. The number of carbonyl (C=O) groups is 1. The SMILES string of the molecule is C[C@@H](Oc1ccc(C(C(=O)C2(O)CCCCC2)N2CCN(C)CC2)cc1)c1ccccc1. The summed E-state index contributed by atoms with van der Waals surface area (Å²) in [7, 11) is 2.11. The van der Waals surface area contributed by atoms with Gasteiger partial charge in [0, 0.05) is 26.2 Å². The zero-order chi connectivity index (χ0) is 22.6. The molecule has 0 spiro atoms. The van der Waals surface area contributed by atoms with Crippen LogP contribution in [0.15, 0.2) is 54.6 Å². The van der Waals surface area contributed by atoms with Crippen molar-refractivity contribution in [1.82, 2.24) is 9.80 Å². The summed E-state index contributed by atoms with van der Waals surface area (Å²) in [6, 6.07) is 17.7. The van der Waals surface area contributed by atoms with Crippen molar-refractivity contribution in [2.45, 2.75) is 56.8 Å². The smallest absolute Gasteiger partial charge is 0.185 e. The number of aliphatic hydroxyl groups is 1. The number of likely N-dealkylation sites (N-methyl/N-ethyl adjacent to an activating group) is 1. The minimum Gasteiger partial charge on any atom is -0.486 e. The average Bonchev–Trinajstić information content (AvgIpc) is 2.82. The van der Waals surface area contributed by atoms with Crippen LogP contribution in [-0.4, -0.2) is 59.5 Å². The van der Waals surface area contributed by atoms with Gasteiger partial charge in [0.05, 0.1) is 6.04 Å². The van der Waals surface area contributed by atoms with Crippen LogP contribution in [0.3, 0.4) is 0 Å². The molecular weight excluding hydrogens is 400 g/mol. The largest absolute Gasteiger partial charge is 0.486 e. The van der Waals surface area contributed by atoms with Crippen LogP contribution in [-0.2, 0) is 4.79 Å². The number of benzene rings is 2. The molecule has 172 valence electrons. The lowest BCUT2D eigenvalue weighted by molar-refractivity contribution is -0.147. The second kappa shape index (κ2) is 10.2. The summed E-state index contributed by atoms with van der Waals surface area (Å²) in [5, 5.41) is 11.2. The molecule has 1 heterocycles. The molecule has 5 nitrogen and oxygen atoms in total. The molecule has 1 unspecified atom stereocenters. The highest BCUT2D eigenvalue weighted by molar-refractivity contribution is 5.92. The number of nitrogens with zero attached hydrogens (tertiary/aromatic N) is 2. The Hall–Kier alpha value is -2.21. The van der Waals surface area contributed by atoms with E-state index in [1.807, 2.05) is 49.4 Å². The second-order valence-electron chi connectivity index (χ2n) is 9.44. The standard InChI is InChI=1S/C27H36N2O3/c1-21(22-9-5-3-6-10-22)32-24-13-11-23(12-14-24)25(29-19-17-28(2)18-20-29)26(30)27(31)15-7-4-8-16-27/h3,5-6,9-14,21,25,31H,4,7-8,15-20H2,1-2H3/t21-,25?/m1/s1. The number of hydrogen-bond donors (Lipinski definition) is 1. The van der Waals surface area contributed by atoms with Crippen LogP contribution in [0, 0.1) is 0 Å². The van der Waals surface area contributed by atoms with Gasteiger partial charge in [-0.15, -0.1) is 0 Å². The normalized spacial score (nSPS) is 21.6. The van der Waals surface area contributed by atoms with Crippen molar-refractivity contribution in [1.29, 1.82) is 0 Å². The minimum atomic E-state index is -1.21. The van der Waals surface area contributed by atoms with Crippen molar-refractivity contribution in [2.24, 2.45) is 0 Å². The van der Waals surface area contributed by atoms with Gasteiger partial charge in [-0.1, -0.05) is 61.7 Å². The van der Waals surface area contributed by atoms with Gasteiger partial charge in [0.1, 0.15) is 17.5 Å². The van der Waals surface area contributed by atoms with E-state index in [1.165, 1.54) is 0 Å². The topological polar surface area (TPSA) is 53.0 Å². The monoisotopic (exact) mass is 436 g/mol. The second-order valence-corrected chi connectivity index (χ2v) is 9.44. The third-order valence-corrected chi connectivity index (χ3v) is 7.07. The Labute approximate surface area is 192 Å². The first-order chi connectivity index (χ1) is 15.5. The molecule has 0 bridgehead atoms. The van der Waals surface area contributed by atoms with Crippen molar-refractivity contribution in [2.75, 3.05) is 33.2 Å². The number of piperazine rings is 1. The van der Waals surface area contributed by atoms with Crippen molar-refractivity contribution < 1.29 is 14.6 Å². The van der Waals surface area contributed by atoms with Crippen molar-refractivity contribution in [3.05, 3.63) is 65.7 Å². The maximum absolute atomic E-state index is 13.7. The molecule has 5 heteroatoms. The Kier molecular flexibility index (Phi) is 7.29. The van der Waals surface area contributed by atoms with Gasteiger partial charge in [0.15, 0.2) is 5.78 Å². The van der Waals surface area contributed by atoms with E-state index < -0.39 is 11.6 Å². The van der Waals surface area contributed by atoms with E-state index in [9.17, 15) is 9.90 Å². The predicted molar refractivity (Wildman–Crippen MR) is 127 cm³/mol. The molecule has 0 amide bonds. The summed E-state index contributed by atoms with van der Waals surface area (Å²) in [5.41, 5.74) is 0.864. The molecule has 4 rings (SSSR count). The lowest BCUT2D eigenvalue weighted by atomic mass is 9.77. The number of rotatable bonds is 7. The number of ether oxygens (including phenoxy) is 1. The van der Waals surface area contributed by atoms with E-state index >= 15 is 0 Å². The quantitative estimate of drug-likeness (QED) is 0.698. The minimum absolute atomic E-state index is 0.0342. The summed E-state index contributed by atoms with van der Waals surface area (Å²) < 4.78 is 6.14. The van der Waals surface area contributed by atoms with E-state index in [2.05, 4.69) is 29.0 Å². The van der Waals surface area contributed by atoms with Crippen LogP contribution >= 0.6 is 0 Å². The van der Waals surface area contributed by atoms with Crippen LogP contribution in [0.25, 0.3) is 0 Å². The van der Waals surface area contributed by atoms with Gasteiger partial charge < -0.3 is 14.7 Å². The first kappa shape index (κ1) is 23.0. The first-order valence-electron chi connectivity index (χ1n) is 12.0. The predicted octanol–water partition coefficient (Wildman–Crippen LogP) is 4.38. The van der Waals surface area contributed by atoms with Gasteiger partial charge in [0.25, 0.3) is 0 Å². The van der Waals surface area contributed by atoms with Crippen molar-refractivity contribution >= 4 is 5.78 Å². The molecule has 1 saturated heterocycles. The number of carbonyl (C=O) groups excluding carboxylic acids is 1. The Bertz CT molecular complexity index is 870. The van der Waals surface area contributed by atoms with E-state index in [0.29, 0.717) is 12.8 Å². The highest BCUT2D eigenvalue weighted by Crippen LogP contribution is 2.36. The highest BCUT2D eigenvalue weighted by atomic mass is 16.5. The van der Waals surface area contributed by atoms with Gasteiger partial charge in [-0.25, -0.2) is 0 Å². The Morgan fingerprint density at radius 3 is 2.16 bits per heavy atom. The Morgan fingerprint density at radius 2 is 1.53 bits per heavy atom. The van der Waals surface area contributed by atoms with Gasteiger partial charge in [0.2, 0.25) is 0 Å². The lowest BCUT2D eigenvalue weighted by Gasteiger charge is -2.41. The molecule has 0 radical (unpaired) electrons. The molecule has 32 heavy (non-hydrogen) atoms. The van der Waals surface area contributed by atoms with E-state index in [0.717, 1.165) is 62.3 Å². The fourth-order valence-electron chi connectivity index (χ4n) is 4.97. The van der Waals surface area contributed by atoms with Crippen molar-refractivity contribution in [3.63, 3.8) is 0 Å². The molecule has 2 aromatic carbocycles. The van der Waals surface area contributed by atoms with E-state index in [4.69, 9.17) is 4.74 Å². The lowest BCUT2D eigenvalue weighted by Crippen LogP contribution is -2.53. The molecule has 2 aromatic rings. The van der Waals surface area contributed by atoms with Crippen LogP contribution in [0.1, 0.15) is 62.3 Å². The number of Topliss-reactive ketones (excluding diaryl/α,β-unsaturated/α-hetero) is 1. The molecule has 1 N–H and O–H groups in total. The Morgan fingerprint density at radius 1 is 0.906 bits per heavy atom. The third kappa shape index (κ3) is 5.22. The summed E-state index contributed by atoms with van der Waals surface area (Å²) in [6.07, 6.45) is 4.03. The van der Waals surface area contributed by atoms with Gasteiger partial charge >= 0.3 is 0 Å². The fourth-order valence-corrected chi connectivity index (χ4v) is 4.97. The van der Waals surface area contributed by atoms with Gasteiger partial charge in [-0.3, -0.25) is 9.69 Å². The number of ketones is 1. The maximum Gasteiger partial charge on any atom is 0.185 e. The molecule has 2 aliphatic rings. The Balaban J connectivity index is 1.54.